The van der Waals surface area contributed by atoms with Crippen molar-refractivity contribution in [2.75, 3.05) is 0 Å². The number of aromatic nitrogens is 2. The Labute approximate surface area is 110 Å². The molecule has 0 atom stereocenters. The van der Waals surface area contributed by atoms with Crippen LogP contribution in [0.1, 0.15) is 22.3 Å². The summed E-state index contributed by atoms with van der Waals surface area (Å²) in [7, 11) is 0. The number of hydrogen-bond acceptors (Lipinski definition) is 2. The van der Waals surface area contributed by atoms with Crippen LogP contribution in [0.2, 0.25) is 0 Å². The first-order valence-corrected chi connectivity index (χ1v) is 6.42. The van der Waals surface area contributed by atoms with Crippen LogP contribution in [0.4, 0.5) is 0 Å². The van der Waals surface area contributed by atoms with Gasteiger partial charge in [-0.3, -0.25) is 4.79 Å². The molecule has 1 aliphatic rings. The number of Topliss-reactive ketones (excluding diaryl/α,β-unsaturated/α-hetero) is 1. The molecule has 3 heteroatoms. The Bertz CT molecular complexity index is 801. The minimum Gasteiger partial charge on any atom is -0.294 e. The van der Waals surface area contributed by atoms with Crippen LogP contribution in [-0.2, 0) is 6.42 Å². The second-order valence-electron chi connectivity index (χ2n) is 4.87. The maximum atomic E-state index is 11.7. The van der Waals surface area contributed by atoms with Crippen LogP contribution < -0.4 is 0 Å². The van der Waals surface area contributed by atoms with Crippen LogP contribution in [0.25, 0.3) is 16.8 Å². The smallest absolute Gasteiger partial charge is 0.163 e. The third kappa shape index (κ3) is 1.51. The van der Waals surface area contributed by atoms with Crippen molar-refractivity contribution in [2.24, 2.45) is 0 Å². The number of ketones is 1. The van der Waals surface area contributed by atoms with Gasteiger partial charge < -0.3 is 0 Å². The van der Waals surface area contributed by atoms with E-state index in [0.29, 0.717) is 6.42 Å². The lowest BCUT2D eigenvalue weighted by molar-refractivity contribution is 0.0994. The normalized spacial score (nSPS) is 14.0. The van der Waals surface area contributed by atoms with E-state index in [1.165, 1.54) is 0 Å². The molecule has 0 bridgehead atoms. The number of carbonyl (C=O) groups excluding carboxylic acids is 1. The molecule has 2 aromatic heterocycles. The number of hydrogen-bond donors (Lipinski definition) is 0. The summed E-state index contributed by atoms with van der Waals surface area (Å²) in [4.78, 5) is 11.7. The van der Waals surface area contributed by atoms with E-state index >= 15 is 0 Å². The van der Waals surface area contributed by atoms with Crippen molar-refractivity contribution in [2.45, 2.75) is 12.8 Å². The van der Waals surface area contributed by atoms with E-state index in [-0.39, 0.29) is 5.78 Å². The molecule has 19 heavy (non-hydrogen) atoms. The van der Waals surface area contributed by atoms with E-state index in [4.69, 9.17) is 0 Å². The lowest BCUT2D eigenvalue weighted by Crippen LogP contribution is -1.95. The van der Waals surface area contributed by atoms with E-state index in [2.05, 4.69) is 17.2 Å². The van der Waals surface area contributed by atoms with Crippen LogP contribution in [-0.4, -0.2) is 15.4 Å². The van der Waals surface area contributed by atoms with Crippen LogP contribution in [0, 0.1) is 0 Å². The van der Waals surface area contributed by atoms with Crippen molar-refractivity contribution in [3.63, 3.8) is 0 Å². The molecule has 0 saturated heterocycles. The highest BCUT2D eigenvalue weighted by Gasteiger charge is 2.19. The van der Waals surface area contributed by atoms with Gasteiger partial charge in [0.25, 0.3) is 0 Å². The van der Waals surface area contributed by atoms with Crippen LogP contribution in [0.3, 0.4) is 0 Å². The number of benzene rings is 1. The predicted octanol–water partition coefficient (Wildman–Crippen LogP) is 3.13. The van der Waals surface area contributed by atoms with Gasteiger partial charge in [-0.25, -0.2) is 4.52 Å². The Kier molecular flexibility index (Phi) is 2.09. The zero-order chi connectivity index (χ0) is 12.8. The summed E-state index contributed by atoms with van der Waals surface area (Å²) < 4.78 is 1.93. The van der Waals surface area contributed by atoms with Crippen molar-refractivity contribution in [3.8, 4) is 11.3 Å². The maximum Gasteiger partial charge on any atom is 0.163 e. The summed E-state index contributed by atoms with van der Waals surface area (Å²) in [6, 6.07) is 14.2. The Hall–Kier alpha value is -2.42. The van der Waals surface area contributed by atoms with Crippen LogP contribution in [0.5, 0.6) is 0 Å². The topological polar surface area (TPSA) is 34.4 Å². The summed E-state index contributed by atoms with van der Waals surface area (Å²) in [5, 5.41) is 4.35. The van der Waals surface area contributed by atoms with Gasteiger partial charge in [0.05, 0.1) is 17.4 Å². The fourth-order valence-electron chi connectivity index (χ4n) is 2.78. The number of nitrogens with zero attached hydrogens (tertiary/aromatic N) is 2. The quantitative estimate of drug-likeness (QED) is 0.663. The van der Waals surface area contributed by atoms with Gasteiger partial charge in [-0.15, -0.1) is 0 Å². The van der Waals surface area contributed by atoms with Gasteiger partial charge in [-0.2, -0.15) is 5.10 Å². The Morgan fingerprint density at radius 2 is 2.00 bits per heavy atom. The molecule has 0 radical (unpaired) electrons. The Balaban J connectivity index is 1.93. The van der Waals surface area contributed by atoms with E-state index in [1.54, 1.807) is 6.20 Å². The lowest BCUT2D eigenvalue weighted by Gasteiger charge is -2.07. The summed E-state index contributed by atoms with van der Waals surface area (Å²) in [6.07, 6.45) is 3.30. The first-order chi connectivity index (χ1) is 9.33. The second-order valence-corrected chi connectivity index (χ2v) is 4.87. The molecule has 1 aromatic carbocycles. The molecule has 0 N–H and O–H groups in total. The molecule has 0 spiro atoms. The molecule has 2 heterocycles. The minimum atomic E-state index is 0.263. The van der Waals surface area contributed by atoms with Gasteiger partial charge in [0.15, 0.2) is 5.78 Å². The number of rotatable bonds is 1. The molecular formula is C16H12N2O. The zero-order valence-electron chi connectivity index (χ0n) is 10.3. The van der Waals surface area contributed by atoms with Gasteiger partial charge in [0, 0.05) is 17.5 Å². The standard InChI is InChI=1S/C16H12N2O/c19-16-7-5-11-10-12(4-6-14(11)16)15-3-1-2-13-8-9-17-18(13)15/h1-4,6,8-10H,5,7H2. The van der Waals surface area contributed by atoms with Gasteiger partial charge >= 0.3 is 0 Å². The number of aryl methyl sites for hydroxylation is 1. The summed E-state index contributed by atoms with van der Waals surface area (Å²) in [5.41, 5.74) is 5.30. The second kappa shape index (κ2) is 3.79. The molecule has 1 aliphatic carbocycles. The van der Waals surface area contributed by atoms with E-state index < -0.39 is 0 Å². The fourth-order valence-corrected chi connectivity index (χ4v) is 2.78. The third-order valence-electron chi connectivity index (χ3n) is 3.74. The monoisotopic (exact) mass is 248 g/mol. The van der Waals surface area contributed by atoms with Gasteiger partial charge in [0.2, 0.25) is 0 Å². The molecule has 0 aliphatic heterocycles. The minimum absolute atomic E-state index is 0.263. The number of carbonyl (C=O) groups is 1. The SMILES string of the molecule is O=C1CCc2cc(-c3cccc4ccnn34)ccc21. The highest BCUT2D eigenvalue weighted by Crippen LogP contribution is 2.28. The number of pyridine rings is 1. The summed E-state index contributed by atoms with van der Waals surface area (Å²) >= 11 is 0. The van der Waals surface area contributed by atoms with Crippen LogP contribution in [0.15, 0.2) is 48.7 Å². The molecule has 3 nitrogen and oxygen atoms in total. The highest BCUT2D eigenvalue weighted by molar-refractivity contribution is 6.00. The summed E-state index contributed by atoms with van der Waals surface area (Å²) in [5.74, 6) is 0.263. The zero-order valence-corrected chi connectivity index (χ0v) is 10.3. The molecule has 92 valence electrons. The van der Waals surface area contributed by atoms with Gasteiger partial charge in [0.1, 0.15) is 0 Å². The first-order valence-electron chi connectivity index (χ1n) is 6.42. The molecular weight excluding hydrogens is 236 g/mol. The third-order valence-corrected chi connectivity index (χ3v) is 3.74. The Morgan fingerprint density at radius 3 is 2.95 bits per heavy atom. The summed E-state index contributed by atoms with van der Waals surface area (Å²) in [6.45, 7) is 0. The maximum absolute atomic E-state index is 11.7. The van der Waals surface area contributed by atoms with Crippen molar-refractivity contribution in [1.82, 2.24) is 9.61 Å². The molecule has 0 saturated carbocycles. The van der Waals surface area contributed by atoms with Gasteiger partial charge in [-0.05, 0) is 36.2 Å². The van der Waals surface area contributed by atoms with Crippen molar-refractivity contribution in [1.29, 1.82) is 0 Å². The van der Waals surface area contributed by atoms with Crippen LogP contribution >= 0.6 is 0 Å². The highest BCUT2D eigenvalue weighted by atomic mass is 16.1. The van der Waals surface area contributed by atoms with E-state index in [9.17, 15) is 4.79 Å². The Morgan fingerprint density at radius 1 is 1.05 bits per heavy atom. The van der Waals surface area contributed by atoms with E-state index in [1.807, 2.05) is 34.8 Å². The van der Waals surface area contributed by atoms with E-state index in [0.717, 1.165) is 34.3 Å². The molecule has 4 rings (SSSR count). The predicted molar refractivity (Wildman–Crippen MR) is 73.3 cm³/mol. The molecule has 0 amide bonds. The van der Waals surface area contributed by atoms with Crippen molar-refractivity contribution in [3.05, 3.63) is 59.8 Å². The number of fused-ring (bicyclic) bond motifs is 2. The molecule has 3 aromatic rings. The van der Waals surface area contributed by atoms with Gasteiger partial charge in [-0.1, -0.05) is 18.2 Å². The molecule has 0 fully saturated rings. The first kappa shape index (κ1) is 10.5. The lowest BCUT2D eigenvalue weighted by atomic mass is 10.0. The largest absolute Gasteiger partial charge is 0.294 e. The molecule has 0 unspecified atom stereocenters. The van der Waals surface area contributed by atoms with Crippen molar-refractivity contribution >= 4 is 11.3 Å². The fraction of sp³-hybridized carbons (Fsp3) is 0.125. The van der Waals surface area contributed by atoms with Crippen molar-refractivity contribution < 1.29 is 4.79 Å². The average Bonchev–Trinajstić information content (AvgIpc) is 3.05. The average molecular weight is 248 g/mol.